The summed E-state index contributed by atoms with van der Waals surface area (Å²) in [4.78, 5) is 4.48. The van der Waals surface area contributed by atoms with Gasteiger partial charge in [-0.3, -0.25) is 0 Å². The van der Waals surface area contributed by atoms with Crippen LogP contribution in [0.15, 0.2) is 268 Å². The van der Waals surface area contributed by atoms with E-state index in [9.17, 15) is 0 Å². The molecule has 10 aromatic carbocycles. The first kappa shape index (κ1) is 42.9. The Balaban J connectivity index is 0.973. The first-order valence-electron chi connectivity index (χ1n) is 24.2. The molecule has 13 aromatic rings. The van der Waals surface area contributed by atoms with Crippen LogP contribution in [-0.4, -0.2) is 0 Å². The van der Waals surface area contributed by atoms with Gasteiger partial charge in [-0.1, -0.05) is 133 Å². The number of rotatable bonds is 8. The quantitative estimate of drug-likeness (QED) is 0.142. The Bertz CT molecular complexity index is 3890. The predicted octanol–water partition coefficient (Wildman–Crippen LogP) is 18.2. The summed E-state index contributed by atoms with van der Waals surface area (Å²) in [6.45, 7) is 0. The van der Waals surface area contributed by atoms with Crippen molar-refractivity contribution in [3.8, 4) is 45.9 Å². The molecule has 0 aliphatic carbocycles. The minimum atomic E-state index is 0.500. The van der Waals surface area contributed by atoms with E-state index in [1.165, 1.54) is 0 Å². The van der Waals surface area contributed by atoms with Crippen LogP contribution in [0.3, 0.4) is 0 Å². The Morgan fingerprint density at radius 1 is 0.247 bits per heavy atom. The lowest BCUT2D eigenvalue weighted by Crippen LogP contribution is -2.09. The van der Waals surface area contributed by atoms with Crippen molar-refractivity contribution in [2.45, 2.75) is 0 Å². The highest BCUT2D eigenvalue weighted by molar-refractivity contribution is 6.09. The molecule has 0 aliphatic rings. The summed E-state index contributed by atoms with van der Waals surface area (Å²) in [5.74, 6) is 15.0. The van der Waals surface area contributed by atoms with E-state index in [2.05, 4.69) is 215 Å². The molecule has 0 fully saturated rings. The third-order valence-corrected chi connectivity index (χ3v) is 13.2. The first-order valence-corrected chi connectivity index (χ1v) is 24.2. The van der Waals surface area contributed by atoms with Crippen LogP contribution in [0.1, 0.15) is 22.6 Å². The van der Waals surface area contributed by atoms with Crippen molar-refractivity contribution in [2.24, 2.45) is 0 Å². The normalized spacial score (nSPS) is 11.1. The van der Waals surface area contributed by atoms with Crippen molar-refractivity contribution in [1.29, 1.82) is 0 Å². The highest BCUT2D eigenvalue weighted by Gasteiger charge is 2.24. The molecule has 0 bridgehead atoms. The Morgan fingerprint density at radius 2 is 0.562 bits per heavy atom. The smallest absolute Gasteiger partial charge is 0.187 e. The van der Waals surface area contributed by atoms with E-state index in [4.69, 9.17) is 13.3 Å². The number of furan rings is 3. The van der Waals surface area contributed by atoms with E-state index in [1.54, 1.807) is 0 Å². The van der Waals surface area contributed by atoms with Crippen LogP contribution < -0.4 is 9.80 Å². The number of hydrogen-bond acceptors (Lipinski definition) is 5. The molecule has 0 radical (unpaired) electrons. The number of para-hydroxylation sites is 6. The van der Waals surface area contributed by atoms with E-state index >= 15 is 0 Å². The van der Waals surface area contributed by atoms with Crippen molar-refractivity contribution in [1.82, 2.24) is 0 Å². The largest absolute Gasteiger partial charge is 0.456 e. The third-order valence-electron chi connectivity index (χ3n) is 13.2. The van der Waals surface area contributed by atoms with Crippen LogP contribution in [0, 0.1) is 23.7 Å². The first-order chi connectivity index (χ1) is 36.2. The zero-order chi connectivity index (χ0) is 48.5. The standard InChI is InChI=1S/C68H42N2O3/c1-5-17-51(18-6-1)69(52-19-7-2-8-20-52)55-37-29-47(30-38-55)33-41-65-67(49-35-43-63-59(45-49)57-25-13-15-27-61(57)71-63)68(50-36-44-64-60(46-50)58-26-14-16-28-62(58)72-64)66(73-65)42-34-48-31-39-56(40-32-48)70(53-21-9-3-10-22-53)54-23-11-4-12-24-54/h1-32,35-40,43-46H. The van der Waals surface area contributed by atoms with E-state index < -0.39 is 0 Å². The fourth-order valence-electron chi connectivity index (χ4n) is 9.77. The van der Waals surface area contributed by atoms with Crippen LogP contribution in [0.2, 0.25) is 0 Å². The molecular formula is C68H42N2O3. The summed E-state index contributed by atoms with van der Waals surface area (Å²) in [6, 6.07) is 87.2. The summed E-state index contributed by atoms with van der Waals surface area (Å²) in [7, 11) is 0. The summed E-state index contributed by atoms with van der Waals surface area (Å²) in [5.41, 5.74) is 14.8. The maximum Gasteiger partial charge on any atom is 0.187 e. The number of anilines is 6. The van der Waals surface area contributed by atoms with Gasteiger partial charge in [-0.25, -0.2) is 0 Å². The second-order valence-corrected chi connectivity index (χ2v) is 17.7. The average Bonchev–Trinajstić information content (AvgIpc) is 4.15. The number of benzene rings is 10. The molecule has 342 valence electrons. The molecule has 0 aliphatic heterocycles. The Kier molecular flexibility index (Phi) is 10.9. The van der Waals surface area contributed by atoms with Crippen molar-refractivity contribution in [2.75, 3.05) is 9.80 Å². The molecule has 0 atom stereocenters. The zero-order valence-corrected chi connectivity index (χ0v) is 39.4. The maximum absolute atomic E-state index is 7.01. The van der Waals surface area contributed by atoms with E-state index in [1.807, 2.05) is 72.8 Å². The van der Waals surface area contributed by atoms with Gasteiger partial charge in [0.25, 0.3) is 0 Å². The number of nitrogens with zero attached hydrogens (tertiary/aromatic N) is 2. The number of fused-ring (bicyclic) bond motifs is 6. The molecule has 3 heterocycles. The van der Waals surface area contributed by atoms with E-state index in [0.29, 0.717) is 11.5 Å². The van der Waals surface area contributed by atoms with Crippen LogP contribution in [0.25, 0.3) is 66.1 Å². The van der Waals surface area contributed by atoms with Crippen molar-refractivity contribution < 1.29 is 13.3 Å². The fraction of sp³-hybridized carbons (Fsp3) is 0. The van der Waals surface area contributed by atoms with E-state index in [-0.39, 0.29) is 0 Å². The van der Waals surface area contributed by atoms with Crippen molar-refractivity contribution >= 4 is 78.0 Å². The third kappa shape index (κ3) is 8.24. The topological polar surface area (TPSA) is 45.9 Å². The lowest BCUT2D eigenvalue weighted by Gasteiger charge is -2.25. The minimum Gasteiger partial charge on any atom is -0.456 e. The molecule has 0 unspecified atom stereocenters. The van der Waals surface area contributed by atoms with Crippen molar-refractivity contribution in [3.05, 3.63) is 277 Å². The Labute approximate surface area is 422 Å². The van der Waals surface area contributed by atoms with Gasteiger partial charge in [-0.2, -0.15) is 0 Å². The summed E-state index contributed by atoms with van der Waals surface area (Å²) < 4.78 is 19.7. The lowest BCUT2D eigenvalue weighted by atomic mass is 9.93. The molecular weight excluding hydrogens is 893 g/mol. The molecule has 13 rings (SSSR count). The molecule has 73 heavy (non-hydrogen) atoms. The monoisotopic (exact) mass is 934 g/mol. The molecule has 0 amide bonds. The second kappa shape index (κ2) is 18.6. The van der Waals surface area contributed by atoms with Gasteiger partial charge < -0.3 is 23.1 Å². The Hall–Kier alpha value is -10.2. The molecule has 3 aromatic heterocycles. The van der Waals surface area contributed by atoms with Gasteiger partial charge in [0.05, 0.1) is 0 Å². The van der Waals surface area contributed by atoms with Gasteiger partial charge in [-0.05, 0) is 156 Å². The predicted molar refractivity (Wildman–Crippen MR) is 298 cm³/mol. The Morgan fingerprint density at radius 3 is 0.932 bits per heavy atom. The van der Waals surface area contributed by atoms with Gasteiger partial charge in [0.2, 0.25) is 0 Å². The fourth-order valence-corrected chi connectivity index (χ4v) is 9.77. The molecule has 0 saturated heterocycles. The van der Waals surface area contributed by atoms with Gasteiger partial charge in [0.1, 0.15) is 22.3 Å². The van der Waals surface area contributed by atoms with Crippen LogP contribution in [0.4, 0.5) is 34.1 Å². The van der Waals surface area contributed by atoms with Crippen LogP contribution >= 0.6 is 0 Å². The molecule has 5 nitrogen and oxygen atoms in total. The average molecular weight is 935 g/mol. The summed E-state index contributed by atoms with van der Waals surface area (Å²) in [5, 5.41) is 4.07. The number of hydrogen-bond donors (Lipinski definition) is 0. The molecule has 0 N–H and O–H groups in total. The zero-order valence-electron chi connectivity index (χ0n) is 39.4. The second-order valence-electron chi connectivity index (χ2n) is 17.7. The van der Waals surface area contributed by atoms with Crippen molar-refractivity contribution in [3.63, 3.8) is 0 Å². The molecule has 0 spiro atoms. The highest BCUT2D eigenvalue weighted by atomic mass is 16.3. The van der Waals surface area contributed by atoms with Gasteiger partial charge in [0.15, 0.2) is 11.5 Å². The van der Waals surface area contributed by atoms with Gasteiger partial charge >= 0.3 is 0 Å². The SMILES string of the molecule is C(#Cc1oc(C#Cc2ccc(N(c3ccccc3)c3ccccc3)cc2)c(-c2ccc3oc4ccccc4c3c2)c1-c1ccc2oc3ccccc3c2c1)c1ccc(N(c2ccccc2)c2ccccc2)cc1. The molecule has 5 heteroatoms. The summed E-state index contributed by atoms with van der Waals surface area (Å²) >= 11 is 0. The highest BCUT2D eigenvalue weighted by Crippen LogP contribution is 2.44. The molecule has 0 saturated carbocycles. The van der Waals surface area contributed by atoms with Gasteiger partial charge in [0, 0.05) is 77.9 Å². The van der Waals surface area contributed by atoms with Crippen LogP contribution in [0.5, 0.6) is 0 Å². The minimum absolute atomic E-state index is 0.500. The summed E-state index contributed by atoms with van der Waals surface area (Å²) in [6.07, 6.45) is 0. The van der Waals surface area contributed by atoms with Crippen LogP contribution in [-0.2, 0) is 0 Å². The lowest BCUT2D eigenvalue weighted by molar-refractivity contribution is 0.543. The van der Waals surface area contributed by atoms with Gasteiger partial charge in [-0.15, -0.1) is 0 Å². The van der Waals surface area contributed by atoms with E-state index in [0.717, 1.165) is 111 Å². The maximum atomic E-state index is 7.01.